The first-order valence-corrected chi connectivity index (χ1v) is 4.55. The average molecular weight is 197 g/mol. The molecule has 0 saturated carbocycles. The minimum absolute atomic E-state index is 0.0455. The maximum Gasteiger partial charge on any atom is 0.163 e. The molecule has 1 N–H and O–H groups in total. The highest BCUT2D eigenvalue weighted by molar-refractivity contribution is 6.31. The van der Waals surface area contributed by atoms with Gasteiger partial charge in [-0.2, -0.15) is 0 Å². The van der Waals surface area contributed by atoms with Crippen LogP contribution in [-0.4, -0.2) is 10.9 Å². The second-order valence-electron chi connectivity index (χ2n) is 3.17. The van der Waals surface area contributed by atoms with Crippen molar-refractivity contribution in [1.29, 1.82) is 0 Å². The molecule has 2 nitrogen and oxygen atoms in total. The molecular formula is C10H9ClO2. The Labute approximate surface area is 81.1 Å². The van der Waals surface area contributed by atoms with Gasteiger partial charge in [-0.15, -0.1) is 0 Å². The van der Waals surface area contributed by atoms with Gasteiger partial charge in [0.25, 0.3) is 0 Å². The van der Waals surface area contributed by atoms with Crippen LogP contribution < -0.4 is 0 Å². The lowest BCUT2D eigenvalue weighted by Gasteiger charge is -2.04. The van der Waals surface area contributed by atoms with Crippen molar-refractivity contribution in [2.75, 3.05) is 0 Å². The van der Waals surface area contributed by atoms with Crippen LogP contribution in [0.4, 0.5) is 0 Å². The van der Waals surface area contributed by atoms with Crippen LogP contribution in [0.25, 0.3) is 0 Å². The summed E-state index contributed by atoms with van der Waals surface area (Å²) in [5.41, 5.74) is 2.45. The number of aliphatic hydroxyl groups is 1. The molecule has 0 saturated heterocycles. The van der Waals surface area contributed by atoms with Crippen molar-refractivity contribution in [3.05, 3.63) is 33.8 Å². The van der Waals surface area contributed by atoms with E-state index in [4.69, 9.17) is 16.7 Å². The second-order valence-corrected chi connectivity index (χ2v) is 3.61. The molecule has 0 spiro atoms. The highest BCUT2D eigenvalue weighted by Gasteiger charge is 2.22. The summed E-state index contributed by atoms with van der Waals surface area (Å²) < 4.78 is 0. The minimum Gasteiger partial charge on any atom is -0.392 e. The maximum absolute atomic E-state index is 11.3. The molecular weight excluding hydrogens is 188 g/mol. The first-order chi connectivity index (χ1) is 6.22. The Morgan fingerprint density at radius 1 is 1.38 bits per heavy atom. The molecule has 0 radical (unpaired) electrons. The summed E-state index contributed by atoms with van der Waals surface area (Å²) in [6.45, 7) is -0.0455. The predicted molar refractivity (Wildman–Crippen MR) is 50.0 cm³/mol. The van der Waals surface area contributed by atoms with Crippen LogP contribution in [0.2, 0.25) is 5.02 Å². The third-order valence-electron chi connectivity index (χ3n) is 2.38. The zero-order valence-corrected chi connectivity index (χ0v) is 7.77. The highest BCUT2D eigenvalue weighted by atomic mass is 35.5. The first-order valence-electron chi connectivity index (χ1n) is 4.17. The van der Waals surface area contributed by atoms with Crippen LogP contribution in [-0.2, 0) is 13.0 Å². The van der Waals surface area contributed by atoms with E-state index in [1.807, 2.05) is 0 Å². The van der Waals surface area contributed by atoms with E-state index in [9.17, 15) is 4.79 Å². The molecule has 1 aliphatic carbocycles. The van der Waals surface area contributed by atoms with Gasteiger partial charge in [0.2, 0.25) is 0 Å². The number of aliphatic hydroxyl groups excluding tert-OH is 1. The molecule has 0 atom stereocenters. The smallest absolute Gasteiger partial charge is 0.163 e. The van der Waals surface area contributed by atoms with E-state index in [1.54, 1.807) is 12.1 Å². The largest absolute Gasteiger partial charge is 0.392 e. The van der Waals surface area contributed by atoms with Gasteiger partial charge in [-0.05, 0) is 29.7 Å². The number of rotatable bonds is 1. The van der Waals surface area contributed by atoms with Crippen LogP contribution in [0.5, 0.6) is 0 Å². The van der Waals surface area contributed by atoms with Crippen LogP contribution >= 0.6 is 11.6 Å². The Kier molecular flexibility index (Phi) is 2.10. The SMILES string of the molecule is O=C1CCc2c(CO)cc(Cl)cc21. The third-order valence-corrected chi connectivity index (χ3v) is 2.60. The molecule has 0 heterocycles. The molecule has 1 aromatic rings. The van der Waals surface area contributed by atoms with E-state index in [1.165, 1.54) is 0 Å². The van der Waals surface area contributed by atoms with Crippen molar-refractivity contribution < 1.29 is 9.90 Å². The van der Waals surface area contributed by atoms with E-state index < -0.39 is 0 Å². The van der Waals surface area contributed by atoms with Gasteiger partial charge >= 0.3 is 0 Å². The number of benzene rings is 1. The molecule has 13 heavy (non-hydrogen) atoms. The molecule has 1 aromatic carbocycles. The zero-order chi connectivity index (χ0) is 9.42. The average Bonchev–Trinajstić information content (AvgIpc) is 2.47. The normalized spacial score (nSPS) is 14.8. The van der Waals surface area contributed by atoms with E-state index >= 15 is 0 Å². The van der Waals surface area contributed by atoms with Crippen LogP contribution in [0.1, 0.15) is 27.9 Å². The van der Waals surface area contributed by atoms with E-state index in [2.05, 4.69) is 0 Å². The Hall–Kier alpha value is -0.860. The Morgan fingerprint density at radius 3 is 2.85 bits per heavy atom. The van der Waals surface area contributed by atoms with Gasteiger partial charge in [-0.3, -0.25) is 4.79 Å². The summed E-state index contributed by atoms with van der Waals surface area (Å²) in [6, 6.07) is 3.41. The number of hydrogen-bond donors (Lipinski definition) is 1. The standard InChI is InChI=1S/C10H9ClO2/c11-7-3-6(5-12)8-1-2-10(13)9(8)4-7/h3-4,12H,1-2,5H2. The molecule has 68 valence electrons. The summed E-state index contributed by atoms with van der Waals surface area (Å²) in [6.07, 6.45) is 1.28. The van der Waals surface area contributed by atoms with E-state index in [0.29, 0.717) is 17.0 Å². The molecule has 0 fully saturated rings. The Bertz CT molecular complexity index is 371. The van der Waals surface area contributed by atoms with E-state index in [0.717, 1.165) is 17.5 Å². The van der Waals surface area contributed by atoms with Crippen LogP contribution in [0.3, 0.4) is 0 Å². The molecule has 0 aromatic heterocycles. The lowest BCUT2D eigenvalue weighted by atomic mass is 10.0. The number of carbonyl (C=O) groups excluding carboxylic acids is 1. The van der Waals surface area contributed by atoms with Gasteiger partial charge in [0.05, 0.1) is 6.61 Å². The van der Waals surface area contributed by atoms with Crippen molar-refractivity contribution in [2.45, 2.75) is 19.4 Å². The number of fused-ring (bicyclic) bond motifs is 1. The lowest BCUT2D eigenvalue weighted by molar-refractivity contribution is 0.0994. The van der Waals surface area contributed by atoms with Gasteiger partial charge in [-0.1, -0.05) is 11.6 Å². The van der Waals surface area contributed by atoms with Crippen molar-refractivity contribution in [3.63, 3.8) is 0 Å². The fraction of sp³-hybridized carbons (Fsp3) is 0.300. The molecule has 0 amide bonds. The summed E-state index contributed by atoms with van der Waals surface area (Å²) in [5.74, 6) is 0.132. The Morgan fingerprint density at radius 2 is 2.15 bits per heavy atom. The topological polar surface area (TPSA) is 37.3 Å². The van der Waals surface area contributed by atoms with Crippen molar-refractivity contribution in [3.8, 4) is 0 Å². The molecule has 0 aliphatic heterocycles. The second kappa shape index (κ2) is 3.13. The van der Waals surface area contributed by atoms with Crippen molar-refractivity contribution in [1.82, 2.24) is 0 Å². The number of Topliss-reactive ketones (excluding diaryl/α,β-unsaturated/α-hetero) is 1. The van der Waals surface area contributed by atoms with Gasteiger partial charge in [0, 0.05) is 17.0 Å². The number of ketones is 1. The fourth-order valence-corrected chi connectivity index (χ4v) is 1.99. The fourth-order valence-electron chi connectivity index (χ4n) is 1.75. The minimum atomic E-state index is -0.0455. The summed E-state index contributed by atoms with van der Waals surface area (Å²) in [4.78, 5) is 11.3. The van der Waals surface area contributed by atoms with E-state index in [-0.39, 0.29) is 12.4 Å². The van der Waals surface area contributed by atoms with Gasteiger partial charge in [-0.25, -0.2) is 0 Å². The van der Waals surface area contributed by atoms with Crippen LogP contribution in [0.15, 0.2) is 12.1 Å². The van der Waals surface area contributed by atoms with Gasteiger partial charge < -0.3 is 5.11 Å². The number of hydrogen-bond acceptors (Lipinski definition) is 2. The molecule has 0 bridgehead atoms. The quantitative estimate of drug-likeness (QED) is 0.746. The predicted octanol–water partition coefficient (Wildman–Crippen LogP) is 1.96. The summed E-state index contributed by atoms with van der Waals surface area (Å²) in [7, 11) is 0. The Balaban J connectivity index is 2.63. The first kappa shape index (κ1) is 8.73. The highest BCUT2D eigenvalue weighted by Crippen LogP contribution is 2.28. The number of halogens is 1. The zero-order valence-electron chi connectivity index (χ0n) is 7.01. The summed E-state index contributed by atoms with van der Waals surface area (Å²) in [5, 5.41) is 9.57. The molecule has 3 heteroatoms. The van der Waals surface area contributed by atoms with Crippen molar-refractivity contribution >= 4 is 17.4 Å². The molecule has 0 unspecified atom stereocenters. The molecule has 2 rings (SSSR count). The van der Waals surface area contributed by atoms with Gasteiger partial charge in [0.1, 0.15) is 0 Å². The third kappa shape index (κ3) is 1.36. The summed E-state index contributed by atoms with van der Waals surface area (Å²) >= 11 is 5.81. The monoisotopic (exact) mass is 196 g/mol. The lowest BCUT2D eigenvalue weighted by Crippen LogP contribution is -1.95. The maximum atomic E-state index is 11.3. The van der Waals surface area contributed by atoms with Crippen LogP contribution in [0, 0.1) is 0 Å². The van der Waals surface area contributed by atoms with Gasteiger partial charge in [0.15, 0.2) is 5.78 Å². The van der Waals surface area contributed by atoms with Crippen molar-refractivity contribution in [2.24, 2.45) is 0 Å². The number of carbonyl (C=O) groups is 1. The molecule has 1 aliphatic rings.